The van der Waals surface area contributed by atoms with Gasteiger partial charge in [-0.2, -0.15) is 15.4 Å². The van der Waals surface area contributed by atoms with Crippen molar-refractivity contribution in [1.29, 1.82) is 5.26 Å². The van der Waals surface area contributed by atoms with E-state index in [0.29, 0.717) is 4.68 Å². The van der Waals surface area contributed by atoms with Crippen molar-refractivity contribution in [2.24, 2.45) is 5.10 Å². The Labute approximate surface area is 178 Å². The van der Waals surface area contributed by atoms with Crippen LogP contribution in [0.1, 0.15) is 0 Å². The smallest absolute Gasteiger partial charge is 0.347 e. The zero-order chi connectivity index (χ0) is 22.0. The van der Waals surface area contributed by atoms with Crippen LogP contribution in [-0.4, -0.2) is 32.6 Å². The van der Waals surface area contributed by atoms with Gasteiger partial charge in [0.15, 0.2) is 11.5 Å². The van der Waals surface area contributed by atoms with Gasteiger partial charge in [-0.15, -0.1) is 5.10 Å². The van der Waals surface area contributed by atoms with Crippen LogP contribution >= 0.6 is 23.2 Å². The molecule has 152 valence electrons. The lowest BCUT2D eigenvalue weighted by molar-refractivity contribution is -0.138. The molecule has 0 spiro atoms. The Morgan fingerprint density at radius 3 is 2.57 bits per heavy atom. The van der Waals surface area contributed by atoms with E-state index < -0.39 is 24.1 Å². The number of halogens is 2. The third kappa shape index (κ3) is 4.24. The highest BCUT2D eigenvalue weighted by Crippen LogP contribution is 2.39. The number of urea groups is 1. The molecule has 0 unspecified atom stereocenters. The Hall–Kier alpha value is -3.88. The van der Waals surface area contributed by atoms with Gasteiger partial charge in [0.25, 0.3) is 5.56 Å². The summed E-state index contributed by atoms with van der Waals surface area (Å²) >= 11 is 12.4. The van der Waals surface area contributed by atoms with Gasteiger partial charge in [-0.05, 0) is 12.1 Å². The molecule has 0 saturated carbocycles. The number of hydrogen-bond acceptors (Lipinski definition) is 7. The summed E-state index contributed by atoms with van der Waals surface area (Å²) in [6.45, 7) is 2.86. The number of aromatic nitrogens is 2. The summed E-state index contributed by atoms with van der Waals surface area (Å²) in [6, 6.07) is 6.02. The van der Waals surface area contributed by atoms with Gasteiger partial charge in [-0.25, -0.2) is 9.48 Å². The molecule has 1 aliphatic rings. The molecule has 1 aromatic heterocycles. The predicted molar refractivity (Wildman–Crippen MR) is 106 cm³/mol. The third-order valence-corrected chi connectivity index (χ3v) is 4.16. The van der Waals surface area contributed by atoms with Crippen LogP contribution in [0.4, 0.5) is 10.5 Å². The summed E-state index contributed by atoms with van der Waals surface area (Å²) in [5, 5.41) is 28.8. The monoisotopic (exact) mass is 448 g/mol. The SMILES string of the molecule is C=C1NC(=O)N(c2cc(Cl)c(Oc3ccc(=O)n(CC(=O)O)n3)c(Cl)c2)N=C1C#N. The molecule has 1 aliphatic heterocycles. The van der Waals surface area contributed by atoms with Crippen LogP contribution in [0, 0.1) is 11.3 Å². The fourth-order valence-corrected chi connectivity index (χ4v) is 2.86. The molecular weight excluding hydrogens is 439 g/mol. The number of aliphatic carboxylic acids is 1. The standard InChI is InChI=1S/C17H10Cl2N6O5/c1-8-12(6-20)22-25(17(29)21-8)9-4-10(18)16(11(19)5-9)30-13-2-3-14(26)24(23-13)7-15(27)28/h2-5H,1,7H2,(H,21,29)(H,27,28). The zero-order valence-electron chi connectivity index (χ0n) is 14.8. The minimum absolute atomic E-state index is 0.0406. The van der Waals surface area contributed by atoms with Crippen molar-refractivity contribution in [3.63, 3.8) is 0 Å². The molecule has 3 rings (SSSR count). The number of nitrogens with one attached hydrogen (secondary N) is 1. The van der Waals surface area contributed by atoms with E-state index in [4.69, 9.17) is 38.3 Å². The van der Waals surface area contributed by atoms with Gasteiger partial charge < -0.3 is 15.2 Å². The number of ether oxygens (including phenoxy) is 1. The summed E-state index contributed by atoms with van der Waals surface area (Å²) in [5.41, 5.74) is -0.550. The minimum Gasteiger partial charge on any atom is -0.480 e. The van der Waals surface area contributed by atoms with Gasteiger partial charge in [-0.3, -0.25) is 9.59 Å². The van der Waals surface area contributed by atoms with Crippen LogP contribution in [0.2, 0.25) is 10.0 Å². The molecule has 0 bridgehead atoms. The number of carbonyl (C=O) groups excluding carboxylic acids is 1. The molecule has 11 nitrogen and oxygen atoms in total. The second-order valence-corrected chi connectivity index (χ2v) is 6.50. The van der Waals surface area contributed by atoms with Crippen molar-refractivity contribution in [2.75, 3.05) is 5.01 Å². The van der Waals surface area contributed by atoms with Crippen LogP contribution in [0.25, 0.3) is 0 Å². The molecule has 0 atom stereocenters. The van der Waals surface area contributed by atoms with E-state index in [-0.39, 0.29) is 38.8 Å². The minimum atomic E-state index is -1.26. The van der Waals surface area contributed by atoms with E-state index in [1.54, 1.807) is 6.07 Å². The maximum absolute atomic E-state index is 12.2. The van der Waals surface area contributed by atoms with Gasteiger partial charge in [0.2, 0.25) is 5.88 Å². The van der Waals surface area contributed by atoms with Crippen molar-refractivity contribution < 1.29 is 19.4 Å². The first-order valence-corrected chi connectivity index (χ1v) is 8.71. The number of amides is 2. The highest BCUT2D eigenvalue weighted by Gasteiger charge is 2.26. The van der Waals surface area contributed by atoms with Crippen molar-refractivity contribution in [2.45, 2.75) is 6.54 Å². The summed E-state index contributed by atoms with van der Waals surface area (Å²) in [6.07, 6.45) is 0. The average molecular weight is 449 g/mol. The average Bonchev–Trinajstić information content (AvgIpc) is 2.66. The normalized spacial score (nSPS) is 13.4. The third-order valence-electron chi connectivity index (χ3n) is 3.60. The van der Waals surface area contributed by atoms with Gasteiger partial charge in [0.05, 0.1) is 21.4 Å². The van der Waals surface area contributed by atoms with Gasteiger partial charge in [-0.1, -0.05) is 29.8 Å². The van der Waals surface area contributed by atoms with Gasteiger partial charge in [0, 0.05) is 12.1 Å². The Morgan fingerprint density at radius 2 is 1.97 bits per heavy atom. The highest BCUT2D eigenvalue weighted by atomic mass is 35.5. The van der Waals surface area contributed by atoms with Crippen molar-refractivity contribution in [3.8, 4) is 17.7 Å². The lowest BCUT2D eigenvalue weighted by Gasteiger charge is -2.24. The van der Waals surface area contributed by atoms with Crippen molar-refractivity contribution >= 4 is 46.6 Å². The number of nitrogens with zero attached hydrogens (tertiary/aromatic N) is 5. The molecule has 1 aromatic carbocycles. The van der Waals surface area contributed by atoms with E-state index in [9.17, 15) is 14.4 Å². The number of nitriles is 1. The fraction of sp³-hybridized carbons (Fsp3) is 0.0588. The first-order chi connectivity index (χ1) is 14.2. The Morgan fingerprint density at radius 1 is 1.30 bits per heavy atom. The highest BCUT2D eigenvalue weighted by molar-refractivity contribution is 6.37. The molecule has 2 aromatic rings. The maximum atomic E-state index is 12.2. The lowest BCUT2D eigenvalue weighted by Crippen LogP contribution is -2.42. The summed E-state index contributed by atoms with van der Waals surface area (Å²) in [5.74, 6) is -1.45. The van der Waals surface area contributed by atoms with E-state index in [0.717, 1.165) is 11.1 Å². The van der Waals surface area contributed by atoms with Crippen LogP contribution in [0.15, 0.2) is 46.4 Å². The van der Waals surface area contributed by atoms with E-state index in [1.807, 2.05) is 0 Å². The number of allylic oxidation sites excluding steroid dienone is 1. The number of carboxylic acids is 1. The number of benzene rings is 1. The number of anilines is 1. The van der Waals surface area contributed by atoms with Gasteiger partial charge >= 0.3 is 12.0 Å². The second-order valence-electron chi connectivity index (χ2n) is 5.68. The molecule has 13 heteroatoms. The second kappa shape index (κ2) is 8.24. The number of carbonyl (C=O) groups is 2. The fourth-order valence-electron chi connectivity index (χ4n) is 2.31. The molecule has 0 saturated heterocycles. The van der Waals surface area contributed by atoms with Crippen LogP contribution in [0.5, 0.6) is 11.6 Å². The molecule has 30 heavy (non-hydrogen) atoms. The maximum Gasteiger partial charge on any atom is 0.347 e. The molecule has 2 N–H and O–H groups in total. The summed E-state index contributed by atoms with van der Waals surface area (Å²) < 4.78 is 6.19. The summed E-state index contributed by atoms with van der Waals surface area (Å²) in [7, 11) is 0. The van der Waals surface area contributed by atoms with E-state index in [1.165, 1.54) is 18.2 Å². The predicted octanol–water partition coefficient (Wildman–Crippen LogP) is 2.35. The zero-order valence-corrected chi connectivity index (χ0v) is 16.3. The van der Waals surface area contributed by atoms with Crippen molar-refractivity contribution in [3.05, 3.63) is 56.9 Å². The summed E-state index contributed by atoms with van der Waals surface area (Å²) in [4.78, 5) is 34.6. The number of hydrogen-bond donors (Lipinski definition) is 2. The molecule has 2 heterocycles. The molecule has 0 fully saturated rings. The Balaban J connectivity index is 1.95. The largest absolute Gasteiger partial charge is 0.480 e. The van der Waals surface area contributed by atoms with Crippen LogP contribution < -0.4 is 20.6 Å². The number of rotatable bonds is 5. The molecular formula is C17H10Cl2N6O5. The lowest BCUT2D eigenvalue weighted by atomic mass is 10.2. The van der Waals surface area contributed by atoms with E-state index in [2.05, 4.69) is 22.1 Å². The molecule has 2 amide bonds. The molecule has 0 aliphatic carbocycles. The topological polar surface area (TPSA) is 150 Å². The van der Waals surface area contributed by atoms with Crippen molar-refractivity contribution in [1.82, 2.24) is 15.1 Å². The number of carboxylic acid groups (broad SMARTS) is 1. The van der Waals surface area contributed by atoms with Crippen LogP contribution in [-0.2, 0) is 11.3 Å². The Bertz CT molecular complexity index is 1190. The van der Waals surface area contributed by atoms with Crippen LogP contribution in [0.3, 0.4) is 0 Å². The molecule has 0 radical (unpaired) electrons. The van der Waals surface area contributed by atoms with Gasteiger partial charge in [0.1, 0.15) is 12.6 Å². The quantitative estimate of drug-likeness (QED) is 0.711. The van der Waals surface area contributed by atoms with E-state index >= 15 is 0 Å². The Kier molecular flexibility index (Phi) is 5.72. The first-order valence-electron chi connectivity index (χ1n) is 7.95. The number of hydrazone groups is 1. The first kappa shape index (κ1) is 20.8.